The molecule has 0 spiro atoms. The lowest BCUT2D eigenvalue weighted by Gasteiger charge is -2.22. The van der Waals surface area contributed by atoms with Crippen LogP contribution in [0.5, 0.6) is 0 Å². The number of imidazole rings is 1. The molecule has 1 aliphatic heterocycles. The van der Waals surface area contributed by atoms with Crippen LogP contribution >= 0.6 is 0 Å². The second-order valence-electron chi connectivity index (χ2n) is 4.83. The van der Waals surface area contributed by atoms with Gasteiger partial charge in [-0.1, -0.05) is 6.42 Å². The van der Waals surface area contributed by atoms with E-state index in [1.807, 2.05) is 18.3 Å². The first-order valence-electron chi connectivity index (χ1n) is 6.59. The molecule has 1 aliphatic rings. The molecule has 3 heterocycles. The highest BCUT2D eigenvalue weighted by Gasteiger charge is 2.14. The molecule has 4 heteroatoms. The van der Waals surface area contributed by atoms with Crippen molar-refractivity contribution in [3.05, 3.63) is 36.5 Å². The Morgan fingerprint density at radius 1 is 1.22 bits per heavy atom. The minimum Gasteiger partial charge on any atom is -0.342 e. The van der Waals surface area contributed by atoms with Crippen LogP contribution in [0.1, 0.15) is 25.1 Å². The quantitative estimate of drug-likeness (QED) is 0.867. The average molecular weight is 242 g/mol. The minimum absolute atomic E-state index is 0.579. The number of H-pyrrole nitrogens is 1. The molecule has 1 fully saturated rings. The van der Waals surface area contributed by atoms with E-state index >= 15 is 0 Å². The smallest absolute Gasteiger partial charge is 0.108 e. The normalized spacial score (nSPS) is 19.9. The monoisotopic (exact) mass is 242 g/mol. The Bertz CT molecular complexity index is 486. The van der Waals surface area contributed by atoms with Gasteiger partial charge in [0.1, 0.15) is 5.82 Å². The Morgan fingerprint density at radius 3 is 2.89 bits per heavy atom. The predicted molar refractivity (Wildman–Crippen MR) is 71.2 cm³/mol. The van der Waals surface area contributed by atoms with Gasteiger partial charge in [0.05, 0.1) is 11.9 Å². The van der Waals surface area contributed by atoms with Gasteiger partial charge in [-0.05, 0) is 31.5 Å². The molecule has 1 atom stereocenters. The molecule has 0 saturated carbocycles. The lowest BCUT2D eigenvalue weighted by molar-refractivity contribution is 0.395. The van der Waals surface area contributed by atoms with Crippen LogP contribution in [0.4, 0.5) is 0 Å². The van der Waals surface area contributed by atoms with Crippen molar-refractivity contribution in [2.24, 2.45) is 0 Å². The van der Waals surface area contributed by atoms with E-state index in [-0.39, 0.29) is 0 Å². The van der Waals surface area contributed by atoms with Gasteiger partial charge in [0, 0.05) is 30.4 Å². The van der Waals surface area contributed by atoms with Crippen LogP contribution in [-0.4, -0.2) is 27.5 Å². The summed E-state index contributed by atoms with van der Waals surface area (Å²) in [7, 11) is 0. The van der Waals surface area contributed by atoms with Crippen LogP contribution in [-0.2, 0) is 6.42 Å². The Kier molecular flexibility index (Phi) is 3.37. The second-order valence-corrected chi connectivity index (χ2v) is 4.83. The van der Waals surface area contributed by atoms with Crippen LogP contribution in [0.15, 0.2) is 30.7 Å². The van der Waals surface area contributed by atoms with Crippen molar-refractivity contribution in [2.45, 2.75) is 31.7 Å². The summed E-state index contributed by atoms with van der Waals surface area (Å²) < 4.78 is 0. The maximum atomic E-state index is 4.47. The zero-order chi connectivity index (χ0) is 12.2. The summed E-state index contributed by atoms with van der Waals surface area (Å²) in [5, 5.41) is 3.55. The van der Waals surface area contributed by atoms with E-state index in [4.69, 9.17) is 0 Å². The molecule has 0 bridgehead atoms. The van der Waals surface area contributed by atoms with Gasteiger partial charge in [0.25, 0.3) is 0 Å². The van der Waals surface area contributed by atoms with Gasteiger partial charge in [-0.3, -0.25) is 4.98 Å². The second kappa shape index (κ2) is 5.31. The Balaban J connectivity index is 1.69. The van der Waals surface area contributed by atoms with E-state index in [0.29, 0.717) is 6.04 Å². The summed E-state index contributed by atoms with van der Waals surface area (Å²) in [5.41, 5.74) is 2.21. The van der Waals surface area contributed by atoms with Gasteiger partial charge in [0.15, 0.2) is 0 Å². The van der Waals surface area contributed by atoms with Crippen molar-refractivity contribution in [3.63, 3.8) is 0 Å². The highest BCUT2D eigenvalue weighted by Crippen LogP contribution is 2.17. The van der Waals surface area contributed by atoms with E-state index in [2.05, 4.69) is 20.3 Å². The lowest BCUT2D eigenvalue weighted by Crippen LogP contribution is -2.35. The largest absolute Gasteiger partial charge is 0.342 e. The molecule has 0 amide bonds. The summed E-state index contributed by atoms with van der Waals surface area (Å²) >= 11 is 0. The molecule has 1 unspecified atom stereocenters. The predicted octanol–water partition coefficient (Wildman–Crippen LogP) is 2.16. The molecule has 2 N–H and O–H groups in total. The third kappa shape index (κ3) is 2.59. The van der Waals surface area contributed by atoms with Gasteiger partial charge in [-0.15, -0.1) is 0 Å². The van der Waals surface area contributed by atoms with Crippen LogP contribution in [0, 0.1) is 0 Å². The molecular weight excluding hydrogens is 224 g/mol. The maximum Gasteiger partial charge on any atom is 0.108 e. The van der Waals surface area contributed by atoms with Gasteiger partial charge in [-0.2, -0.15) is 0 Å². The highest BCUT2D eigenvalue weighted by atomic mass is 15.0. The van der Waals surface area contributed by atoms with Crippen molar-refractivity contribution in [3.8, 4) is 11.3 Å². The Labute approximate surface area is 107 Å². The number of aromatic nitrogens is 3. The van der Waals surface area contributed by atoms with Crippen molar-refractivity contribution in [1.29, 1.82) is 0 Å². The highest BCUT2D eigenvalue weighted by molar-refractivity contribution is 5.57. The molecule has 0 aromatic carbocycles. The number of nitrogens with zero attached hydrogens (tertiary/aromatic N) is 2. The fraction of sp³-hybridized carbons (Fsp3) is 0.429. The minimum atomic E-state index is 0.579. The molecule has 18 heavy (non-hydrogen) atoms. The first kappa shape index (κ1) is 11.4. The van der Waals surface area contributed by atoms with Gasteiger partial charge < -0.3 is 10.3 Å². The van der Waals surface area contributed by atoms with Crippen molar-refractivity contribution < 1.29 is 0 Å². The van der Waals surface area contributed by atoms with Crippen LogP contribution in [0.25, 0.3) is 11.3 Å². The molecule has 2 aromatic heterocycles. The molecule has 0 aliphatic carbocycles. The fourth-order valence-corrected chi connectivity index (χ4v) is 2.48. The Morgan fingerprint density at radius 2 is 2.11 bits per heavy atom. The van der Waals surface area contributed by atoms with E-state index in [1.54, 1.807) is 12.4 Å². The third-order valence-electron chi connectivity index (χ3n) is 3.47. The summed E-state index contributed by atoms with van der Waals surface area (Å²) in [6.45, 7) is 1.14. The first-order valence-corrected chi connectivity index (χ1v) is 6.59. The van der Waals surface area contributed by atoms with Crippen molar-refractivity contribution in [2.75, 3.05) is 6.54 Å². The van der Waals surface area contributed by atoms with Crippen LogP contribution < -0.4 is 5.32 Å². The van der Waals surface area contributed by atoms with Crippen LogP contribution in [0.2, 0.25) is 0 Å². The molecule has 94 valence electrons. The zero-order valence-electron chi connectivity index (χ0n) is 10.4. The molecule has 4 nitrogen and oxygen atoms in total. The van der Waals surface area contributed by atoms with E-state index in [0.717, 1.165) is 30.0 Å². The lowest BCUT2D eigenvalue weighted by atomic mass is 10.0. The number of rotatable bonds is 3. The summed E-state index contributed by atoms with van der Waals surface area (Å²) in [6.07, 6.45) is 10.4. The van der Waals surface area contributed by atoms with Gasteiger partial charge >= 0.3 is 0 Å². The fourth-order valence-electron chi connectivity index (χ4n) is 2.48. The van der Waals surface area contributed by atoms with E-state index in [9.17, 15) is 0 Å². The molecule has 1 saturated heterocycles. The topological polar surface area (TPSA) is 53.6 Å². The van der Waals surface area contributed by atoms with E-state index < -0.39 is 0 Å². The molecular formula is C14H18N4. The number of aromatic amines is 1. The van der Waals surface area contributed by atoms with Crippen molar-refractivity contribution >= 4 is 0 Å². The van der Waals surface area contributed by atoms with Gasteiger partial charge in [0.2, 0.25) is 0 Å². The average Bonchev–Trinajstić information content (AvgIpc) is 2.89. The SMILES string of the molecule is c1cc(-c2cnc(CC3CCCCN3)[nH]2)ccn1. The number of piperidine rings is 1. The molecule has 3 rings (SSSR count). The molecule has 2 aromatic rings. The summed E-state index contributed by atoms with van der Waals surface area (Å²) in [5.74, 6) is 1.07. The zero-order valence-corrected chi connectivity index (χ0v) is 10.4. The van der Waals surface area contributed by atoms with Crippen LogP contribution in [0.3, 0.4) is 0 Å². The van der Waals surface area contributed by atoms with Crippen molar-refractivity contribution in [1.82, 2.24) is 20.3 Å². The van der Waals surface area contributed by atoms with E-state index in [1.165, 1.54) is 19.3 Å². The number of pyridine rings is 1. The standard InChI is InChI=1S/C14H18N4/c1-2-6-16-12(3-1)9-14-17-10-13(18-14)11-4-7-15-8-5-11/h4-5,7-8,10,12,16H,1-3,6,9H2,(H,17,18). The van der Waals surface area contributed by atoms with Gasteiger partial charge in [-0.25, -0.2) is 4.98 Å². The molecule has 0 radical (unpaired) electrons. The number of hydrogen-bond donors (Lipinski definition) is 2. The Hall–Kier alpha value is -1.68. The summed E-state index contributed by atoms with van der Waals surface area (Å²) in [4.78, 5) is 11.9. The summed E-state index contributed by atoms with van der Waals surface area (Å²) in [6, 6.07) is 4.57. The number of hydrogen-bond acceptors (Lipinski definition) is 3. The third-order valence-corrected chi connectivity index (χ3v) is 3.47. The first-order chi connectivity index (χ1) is 8.92. The maximum absolute atomic E-state index is 4.47. The number of nitrogens with one attached hydrogen (secondary N) is 2.